The van der Waals surface area contributed by atoms with E-state index in [2.05, 4.69) is 4.72 Å². The summed E-state index contributed by atoms with van der Waals surface area (Å²) < 4.78 is 53.5. The number of hydrogen-bond acceptors (Lipinski definition) is 2. The molecule has 0 amide bonds. The van der Waals surface area contributed by atoms with E-state index in [1.807, 2.05) is 0 Å². The maximum absolute atomic E-state index is 13.6. The number of hydrogen-bond donors (Lipinski definition) is 1. The molecular formula is C14H11Cl2F2NO2S. The van der Waals surface area contributed by atoms with Crippen molar-refractivity contribution in [2.24, 2.45) is 0 Å². The molecule has 0 saturated carbocycles. The van der Waals surface area contributed by atoms with Gasteiger partial charge in [-0.3, -0.25) is 4.72 Å². The summed E-state index contributed by atoms with van der Waals surface area (Å²) in [6, 6.07) is 4.05. The molecule has 2 aromatic carbocycles. The summed E-state index contributed by atoms with van der Waals surface area (Å²) in [5.41, 5.74) is 0.332. The van der Waals surface area contributed by atoms with E-state index >= 15 is 0 Å². The zero-order valence-corrected chi connectivity index (χ0v) is 13.9. The number of rotatable bonds is 3. The van der Waals surface area contributed by atoms with E-state index in [0.29, 0.717) is 11.6 Å². The highest BCUT2D eigenvalue weighted by molar-refractivity contribution is 7.93. The molecule has 0 atom stereocenters. The molecule has 8 heteroatoms. The molecule has 0 aromatic heterocycles. The van der Waals surface area contributed by atoms with Crippen LogP contribution in [0.5, 0.6) is 0 Å². The minimum absolute atomic E-state index is 0.00285. The Morgan fingerprint density at radius 3 is 2.32 bits per heavy atom. The maximum Gasteiger partial charge on any atom is 0.263 e. The third-order valence-electron chi connectivity index (χ3n) is 3.03. The topological polar surface area (TPSA) is 46.2 Å². The van der Waals surface area contributed by atoms with E-state index in [-0.39, 0.29) is 26.2 Å². The van der Waals surface area contributed by atoms with Gasteiger partial charge in [0.05, 0.1) is 10.7 Å². The molecule has 0 aliphatic carbocycles. The third-order valence-corrected chi connectivity index (χ3v) is 5.56. The minimum atomic E-state index is -4.18. The van der Waals surface area contributed by atoms with E-state index in [4.69, 9.17) is 23.2 Å². The van der Waals surface area contributed by atoms with Crippen molar-refractivity contribution in [2.45, 2.75) is 18.7 Å². The van der Waals surface area contributed by atoms with Gasteiger partial charge in [-0.2, -0.15) is 0 Å². The van der Waals surface area contributed by atoms with E-state index < -0.39 is 21.7 Å². The predicted octanol–water partition coefficient (Wildman–Crippen LogP) is 4.69. The van der Waals surface area contributed by atoms with Gasteiger partial charge in [-0.05, 0) is 43.2 Å². The van der Waals surface area contributed by atoms with Gasteiger partial charge in [0.2, 0.25) is 0 Å². The fourth-order valence-electron chi connectivity index (χ4n) is 1.90. The standard InChI is InChI=1S/C14H11Cl2F2NO2S/c1-7-5-10(15)8(2)14(13(7)16)22(20,21)19-12-4-3-9(17)6-11(12)18/h3-6,19H,1-2H3. The van der Waals surface area contributed by atoms with Crippen LogP contribution >= 0.6 is 23.2 Å². The lowest BCUT2D eigenvalue weighted by molar-refractivity contribution is 0.582. The van der Waals surface area contributed by atoms with Gasteiger partial charge >= 0.3 is 0 Å². The van der Waals surface area contributed by atoms with Crippen molar-refractivity contribution in [3.8, 4) is 0 Å². The van der Waals surface area contributed by atoms with E-state index in [1.54, 1.807) is 6.92 Å². The van der Waals surface area contributed by atoms with Crippen LogP contribution in [0.3, 0.4) is 0 Å². The minimum Gasteiger partial charge on any atom is -0.277 e. The van der Waals surface area contributed by atoms with Crippen molar-refractivity contribution in [3.63, 3.8) is 0 Å². The molecule has 0 heterocycles. The zero-order chi connectivity index (χ0) is 16.7. The largest absolute Gasteiger partial charge is 0.277 e. The summed E-state index contributed by atoms with van der Waals surface area (Å²) in [7, 11) is -4.18. The first-order valence-electron chi connectivity index (χ1n) is 6.06. The smallest absolute Gasteiger partial charge is 0.263 e. The van der Waals surface area contributed by atoms with Gasteiger partial charge in [0.15, 0.2) is 0 Å². The first-order valence-corrected chi connectivity index (χ1v) is 8.30. The quantitative estimate of drug-likeness (QED) is 0.857. The Hall–Kier alpha value is -1.37. The monoisotopic (exact) mass is 365 g/mol. The zero-order valence-electron chi connectivity index (χ0n) is 11.5. The second-order valence-electron chi connectivity index (χ2n) is 4.67. The van der Waals surface area contributed by atoms with Crippen LogP contribution in [0.1, 0.15) is 11.1 Å². The molecule has 22 heavy (non-hydrogen) atoms. The highest BCUT2D eigenvalue weighted by Gasteiger charge is 2.25. The number of halogens is 4. The van der Waals surface area contributed by atoms with Crippen LogP contribution in [0.15, 0.2) is 29.2 Å². The number of anilines is 1. The first-order chi connectivity index (χ1) is 10.1. The Labute approximate surface area is 136 Å². The van der Waals surface area contributed by atoms with Crippen molar-refractivity contribution in [1.29, 1.82) is 0 Å². The second-order valence-corrected chi connectivity index (χ2v) is 7.08. The Morgan fingerprint density at radius 1 is 1.09 bits per heavy atom. The van der Waals surface area contributed by atoms with E-state index in [9.17, 15) is 17.2 Å². The first kappa shape index (κ1) is 17.0. The van der Waals surface area contributed by atoms with Gasteiger partial charge in [0.25, 0.3) is 10.0 Å². The molecule has 0 bridgehead atoms. The lowest BCUT2D eigenvalue weighted by atomic mass is 10.2. The summed E-state index contributed by atoms with van der Waals surface area (Å²) in [4.78, 5) is -0.233. The molecule has 2 rings (SSSR count). The molecule has 0 aliphatic heterocycles. The lowest BCUT2D eigenvalue weighted by Crippen LogP contribution is -2.16. The maximum atomic E-state index is 13.6. The summed E-state index contributed by atoms with van der Waals surface area (Å²) in [6.45, 7) is 3.09. The molecule has 2 aromatic rings. The van der Waals surface area contributed by atoms with Crippen LogP contribution in [-0.4, -0.2) is 8.42 Å². The molecule has 0 saturated heterocycles. The predicted molar refractivity (Wildman–Crippen MR) is 83.1 cm³/mol. The summed E-state index contributed by atoms with van der Waals surface area (Å²) in [5, 5.41) is 0.221. The number of nitrogens with one attached hydrogen (secondary N) is 1. The SMILES string of the molecule is Cc1cc(Cl)c(C)c(S(=O)(=O)Nc2ccc(F)cc2F)c1Cl. The third kappa shape index (κ3) is 3.19. The van der Waals surface area contributed by atoms with Gasteiger partial charge in [-0.1, -0.05) is 23.2 Å². The average Bonchev–Trinajstić information content (AvgIpc) is 2.40. The van der Waals surface area contributed by atoms with Crippen molar-refractivity contribution in [1.82, 2.24) is 0 Å². The molecular weight excluding hydrogens is 355 g/mol. The van der Waals surface area contributed by atoms with Gasteiger partial charge in [-0.25, -0.2) is 17.2 Å². The summed E-state index contributed by atoms with van der Waals surface area (Å²) >= 11 is 12.0. The highest BCUT2D eigenvalue weighted by atomic mass is 35.5. The van der Waals surface area contributed by atoms with Gasteiger partial charge in [0.1, 0.15) is 16.5 Å². The van der Waals surface area contributed by atoms with Gasteiger partial charge in [0, 0.05) is 11.1 Å². The fraction of sp³-hybridized carbons (Fsp3) is 0.143. The number of benzene rings is 2. The summed E-state index contributed by atoms with van der Waals surface area (Å²) in [5.74, 6) is -1.84. The molecule has 1 N–H and O–H groups in total. The lowest BCUT2D eigenvalue weighted by Gasteiger charge is -2.15. The average molecular weight is 366 g/mol. The van der Waals surface area contributed by atoms with Crippen molar-refractivity contribution in [2.75, 3.05) is 4.72 Å². The van der Waals surface area contributed by atoms with Crippen molar-refractivity contribution in [3.05, 3.63) is 57.1 Å². The Kier molecular flexibility index (Phi) is 4.65. The molecule has 0 aliphatic rings. The Balaban J connectivity index is 2.57. The normalized spacial score (nSPS) is 11.5. The van der Waals surface area contributed by atoms with Crippen LogP contribution < -0.4 is 4.72 Å². The van der Waals surface area contributed by atoms with E-state index in [0.717, 1.165) is 12.1 Å². The van der Waals surface area contributed by atoms with Gasteiger partial charge in [-0.15, -0.1) is 0 Å². The molecule has 0 unspecified atom stereocenters. The van der Waals surface area contributed by atoms with Crippen LogP contribution in [0.4, 0.5) is 14.5 Å². The molecule has 0 spiro atoms. The Morgan fingerprint density at radius 2 is 1.73 bits per heavy atom. The van der Waals surface area contributed by atoms with Crippen molar-refractivity contribution >= 4 is 38.9 Å². The number of aryl methyl sites for hydroxylation is 1. The summed E-state index contributed by atoms with van der Waals surface area (Å²) in [6.07, 6.45) is 0. The highest BCUT2D eigenvalue weighted by Crippen LogP contribution is 2.34. The number of sulfonamides is 1. The van der Waals surface area contributed by atoms with Crippen LogP contribution in [-0.2, 0) is 10.0 Å². The second kappa shape index (κ2) is 6.02. The van der Waals surface area contributed by atoms with Crippen molar-refractivity contribution < 1.29 is 17.2 Å². The molecule has 3 nitrogen and oxygen atoms in total. The Bertz CT molecular complexity index is 828. The fourth-order valence-corrected chi connectivity index (χ4v) is 4.18. The van der Waals surface area contributed by atoms with Crippen LogP contribution in [0.25, 0.3) is 0 Å². The molecule has 0 radical (unpaired) electrons. The molecule has 118 valence electrons. The van der Waals surface area contributed by atoms with Gasteiger partial charge < -0.3 is 0 Å². The van der Waals surface area contributed by atoms with Crippen LogP contribution in [0, 0.1) is 25.5 Å². The molecule has 0 fully saturated rings. The van der Waals surface area contributed by atoms with E-state index in [1.165, 1.54) is 13.0 Å². The van der Waals surface area contributed by atoms with Crippen LogP contribution in [0.2, 0.25) is 10.0 Å².